The lowest BCUT2D eigenvalue weighted by atomic mass is 9.96. The second-order valence-electron chi connectivity index (χ2n) is 4.77. The van der Waals surface area contributed by atoms with Crippen molar-refractivity contribution >= 4 is 23.2 Å². The number of nitrogens with one attached hydrogen (secondary N) is 1. The average molecular weight is 294 g/mol. The maximum atomic E-state index is 6.08. The first kappa shape index (κ1) is 14.4. The van der Waals surface area contributed by atoms with Gasteiger partial charge in [-0.15, -0.1) is 0 Å². The normalized spacial score (nSPS) is 12.5. The number of rotatable bonds is 3. The zero-order valence-electron chi connectivity index (χ0n) is 11.3. The van der Waals surface area contributed by atoms with E-state index < -0.39 is 0 Å². The monoisotopic (exact) mass is 293 g/mol. The summed E-state index contributed by atoms with van der Waals surface area (Å²) in [6.07, 6.45) is 0. The van der Waals surface area contributed by atoms with Crippen molar-refractivity contribution in [2.24, 2.45) is 0 Å². The fourth-order valence-corrected chi connectivity index (χ4v) is 2.75. The summed E-state index contributed by atoms with van der Waals surface area (Å²) in [5.41, 5.74) is 4.86. The molecular weight excluding hydrogens is 277 g/mol. The largest absolute Gasteiger partial charge is 0.309 e. The minimum Gasteiger partial charge on any atom is -0.309 e. The van der Waals surface area contributed by atoms with E-state index in [2.05, 4.69) is 37.4 Å². The molecule has 1 nitrogen and oxygen atoms in total. The third-order valence-electron chi connectivity index (χ3n) is 3.37. The molecule has 0 fully saturated rings. The van der Waals surface area contributed by atoms with Gasteiger partial charge in [-0.1, -0.05) is 41.4 Å². The third kappa shape index (κ3) is 3.30. The van der Waals surface area contributed by atoms with Crippen LogP contribution in [0, 0.1) is 13.8 Å². The molecule has 3 heteroatoms. The molecule has 100 valence electrons. The van der Waals surface area contributed by atoms with Gasteiger partial charge in [0.25, 0.3) is 0 Å². The molecule has 0 saturated carbocycles. The molecule has 2 aromatic rings. The average Bonchev–Trinajstić information content (AvgIpc) is 2.33. The second kappa shape index (κ2) is 5.96. The summed E-state index contributed by atoms with van der Waals surface area (Å²) < 4.78 is 0. The van der Waals surface area contributed by atoms with Gasteiger partial charge < -0.3 is 5.32 Å². The lowest BCUT2D eigenvalue weighted by Gasteiger charge is -2.19. The second-order valence-corrected chi connectivity index (χ2v) is 5.64. The highest BCUT2D eigenvalue weighted by Crippen LogP contribution is 2.28. The van der Waals surface area contributed by atoms with Crippen LogP contribution in [0.2, 0.25) is 10.0 Å². The van der Waals surface area contributed by atoms with Crippen LogP contribution < -0.4 is 5.32 Å². The van der Waals surface area contributed by atoms with Crippen molar-refractivity contribution in [2.45, 2.75) is 19.9 Å². The lowest BCUT2D eigenvalue weighted by molar-refractivity contribution is 0.691. The summed E-state index contributed by atoms with van der Waals surface area (Å²) in [6.45, 7) is 4.24. The Labute approximate surface area is 124 Å². The zero-order chi connectivity index (χ0) is 14.0. The van der Waals surface area contributed by atoms with Crippen LogP contribution in [0.15, 0.2) is 36.4 Å². The smallest absolute Gasteiger partial charge is 0.0575 e. The molecule has 1 unspecified atom stereocenters. The Morgan fingerprint density at radius 2 is 1.47 bits per heavy atom. The van der Waals surface area contributed by atoms with E-state index in [4.69, 9.17) is 23.2 Å². The van der Waals surface area contributed by atoms with Crippen molar-refractivity contribution in [3.63, 3.8) is 0 Å². The summed E-state index contributed by atoms with van der Waals surface area (Å²) in [5, 5.41) is 4.64. The molecule has 0 bridgehead atoms. The summed E-state index contributed by atoms with van der Waals surface area (Å²) in [7, 11) is 1.94. The molecule has 0 spiro atoms. The molecule has 0 heterocycles. The van der Waals surface area contributed by atoms with Crippen LogP contribution >= 0.6 is 23.2 Å². The Bertz CT molecular complexity index is 573. The van der Waals surface area contributed by atoms with Crippen molar-refractivity contribution in [2.75, 3.05) is 7.05 Å². The molecule has 0 aliphatic heterocycles. The topological polar surface area (TPSA) is 12.0 Å². The highest BCUT2D eigenvalue weighted by atomic mass is 35.5. The number of benzene rings is 2. The molecule has 2 rings (SSSR count). The molecule has 0 aliphatic carbocycles. The minimum absolute atomic E-state index is 0.0931. The highest BCUT2D eigenvalue weighted by Gasteiger charge is 2.13. The van der Waals surface area contributed by atoms with E-state index in [0.717, 1.165) is 5.56 Å². The summed E-state index contributed by atoms with van der Waals surface area (Å²) >= 11 is 12.2. The Hall–Kier alpha value is -1.02. The highest BCUT2D eigenvalue weighted by molar-refractivity contribution is 6.34. The van der Waals surface area contributed by atoms with Crippen LogP contribution in [0.1, 0.15) is 28.3 Å². The van der Waals surface area contributed by atoms with Crippen LogP contribution in [0.5, 0.6) is 0 Å². The van der Waals surface area contributed by atoms with Crippen molar-refractivity contribution in [3.05, 3.63) is 68.7 Å². The molecule has 0 radical (unpaired) electrons. The summed E-state index contributed by atoms with van der Waals surface area (Å²) in [5.74, 6) is 0. The standard InChI is InChI=1S/C16H17Cl2N/c1-10-4-5-12(6-11(10)2)16(19-3)13-7-14(17)9-15(18)8-13/h4-9,16,19H,1-3H3. The SMILES string of the molecule is CNC(c1cc(Cl)cc(Cl)c1)c1ccc(C)c(C)c1. The Morgan fingerprint density at radius 1 is 0.842 bits per heavy atom. The Kier molecular flexibility index (Phi) is 4.51. The molecule has 2 aromatic carbocycles. The summed E-state index contributed by atoms with van der Waals surface area (Å²) in [4.78, 5) is 0. The quantitative estimate of drug-likeness (QED) is 0.847. The van der Waals surface area contributed by atoms with Gasteiger partial charge in [0.2, 0.25) is 0 Å². The van der Waals surface area contributed by atoms with Gasteiger partial charge in [-0.25, -0.2) is 0 Å². The van der Waals surface area contributed by atoms with E-state index in [-0.39, 0.29) is 6.04 Å². The predicted octanol–water partition coefficient (Wildman–Crippen LogP) is 4.92. The van der Waals surface area contributed by atoms with Gasteiger partial charge >= 0.3 is 0 Å². The van der Waals surface area contributed by atoms with Gasteiger partial charge in [0.1, 0.15) is 0 Å². The Balaban J connectivity index is 2.46. The van der Waals surface area contributed by atoms with E-state index in [1.165, 1.54) is 16.7 Å². The number of aryl methyl sites for hydroxylation is 2. The fraction of sp³-hybridized carbons (Fsp3) is 0.250. The van der Waals surface area contributed by atoms with Gasteiger partial charge in [0.05, 0.1) is 6.04 Å². The van der Waals surface area contributed by atoms with Gasteiger partial charge in [0.15, 0.2) is 0 Å². The van der Waals surface area contributed by atoms with Crippen LogP contribution in [0.25, 0.3) is 0 Å². The Morgan fingerprint density at radius 3 is 2.00 bits per heavy atom. The minimum atomic E-state index is 0.0931. The number of hydrogen-bond donors (Lipinski definition) is 1. The van der Waals surface area contributed by atoms with Crippen molar-refractivity contribution in [3.8, 4) is 0 Å². The van der Waals surface area contributed by atoms with E-state index in [1.807, 2.05) is 19.2 Å². The first-order valence-corrected chi connectivity index (χ1v) is 6.97. The predicted molar refractivity (Wildman–Crippen MR) is 83.3 cm³/mol. The number of halogens is 2. The molecule has 1 N–H and O–H groups in total. The molecule has 0 aliphatic rings. The van der Waals surface area contributed by atoms with E-state index in [1.54, 1.807) is 6.07 Å². The van der Waals surface area contributed by atoms with E-state index in [9.17, 15) is 0 Å². The van der Waals surface area contributed by atoms with Crippen LogP contribution in [0.3, 0.4) is 0 Å². The first-order valence-electron chi connectivity index (χ1n) is 6.21. The van der Waals surface area contributed by atoms with Crippen molar-refractivity contribution < 1.29 is 0 Å². The van der Waals surface area contributed by atoms with Crippen LogP contribution in [-0.4, -0.2) is 7.05 Å². The van der Waals surface area contributed by atoms with Crippen molar-refractivity contribution in [1.82, 2.24) is 5.32 Å². The fourth-order valence-electron chi connectivity index (χ4n) is 2.21. The van der Waals surface area contributed by atoms with Gasteiger partial charge in [-0.05, 0) is 61.3 Å². The van der Waals surface area contributed by atoms with Gasteiger partial charge in [0, 0.05) is 10.0 Å². The molecule has 1 atom stereocenters. The lowest BCUT2D eigenvalue weighted by Crippen LogP contribution is -2.17. The van der Waals surface area contributed by atoms with Crippen LogP contribution in [-0.2, 0) is 0 Å². The zero-order valence-corrected chi connectivity index (χ0v) is 12.8. The molecular formula is C16H17Cl2N. The molecule has 0 amide bonds. The van der Waals surface area contributed by atoms with E-state index >= 15 is 0 Å². The first-order chi connectivity index (χ1) is 9.01. The van der Waals surface area contributed by atoms with Crippen molar-refractivity contribution in [1.29, 1.82) is 0 Å². The van der Waals surface area contributed by atoms with Crippen LogP contribution in [0.4, 0.5) is 0 Å². The van der Waals surface area contributed by atoms with E-state index in [0.29, 0.717) is 10.0 Å². The maximum absolute atomic E-state index is 6.08. The maximum Gasteiger partial charge on any atom is 0.0575 e. The van der Waals surface area contributed by atoms with Gasteiger partial charge in [-0.3, -0.25) is 0 Å². The third-order valence-corrected chi connectivity index (χ3v) is 3.81. The molecule has 0 aromatic heterocycles. The number of hydrogen-bond acceptors (Lipinski definition) is 1. The van der Waals surface area contributed by atoms with Gasteiger partial charge in [-0.2, -0.15) is 0 Å². The molecule has 19 heavy (non-hydrogen) atoms. The summed E-state index contributed by atoms with van der Waals surface area (Å²) in [6, 6.07) is 12.2. The molecule has 0 saturated heterocycles.